The molecule has 0 aliphatic carbocycles. The minimum Gasteiger partial charge on any atom is -0.508 e. The van der Waals surface area contributed by atoms with Crippen LogP contribution in [0.2, 0.25) is 5.02 Å². The number of rotatable bonds is 7. The molecule has 2 N–H and O–H groups in total. The van der Waals surface area contributed by atoms with Gasteiger partial charge in [0.25, 0.3) is 0 Å². The Bertz CT molecular complexity index is 937. The molecule has 0 aliphatic heterocycles. The normalized spacial score (nSPS) is 10.5. The highest BCUT2D eigenvalue weighted by Crippen LogP contribution is 2.23. The minimum absolute atomic E-state index is 0.116. The fourth-order valence-corrected chi connectivity index (χ4v) is 2.95. The fourth-order valence-electron chi connectivity index (χ4n) is 2.83. The first kappa shape index (κ1) is 19.8. The van der Waals surface area contributed by atoms with Crippen molar-refractivity contribution >= 4 is 23.2 Å². The molecule has 5 heteroatoms. The number of hydrogen-bond donors (Lipinski definition) is 2. The number of phenolic OH excluding ortho intramolecular Hbond substituents is 1. The number of carbonyl (C=O) groups excluding carboxylic acids is 1. The lowest BCUT2D eigenvalue weighted by molar-refractivity contribution is -0.114. The number of halogens is 1. The van der Waals surface area contributed by atoms with Crippen LogP contribution in [0.15, 0.2) is 66.7 Å². The van der Waals surface area contributed by atoms with Crippen LogP contribution in [-0.4, -0.2) is 11.0 Å². The van der Waals surface area contributed by atoms with E-state index in [0.717, 1.165) is 29.0 Å². The van der Waals surface area contributed by atoms with Crippen LogP contribution in [0, 0.1) is 0 Å². The van der Waals surface area contributed by atoms with E-state index in [-0.39, 0.29) is 18.3 Å². The highest BCUT2D eigenvalue weighted by Gasteiger charge is 2.05. The number of benzene rings is 3. The molecule has 0 bridgehead atoms. The van der Waals surface area contributed by atoms with Crippen molar-refractivity contribution in [3.8, 4) is 11.5 Å². The van der Waals surface area contributed by atoms with E-state index in [1.165, 1.54) is 12.5 Å². The molecule has 0 unspecified atom stereocenters. The minimum atomic E-state index is -0.116. The average Bonchev–Trinajstić information content (AvgIpc) is 2.67. The number of aromatic hydroxyl groups is 1. The maximum Gasteiger partial charge on any atom is 0.221 e. The number of anilines is 1. The van der Waals surface area contributed by atoms with E-state index in [4.69, 9.17) is 16.3 Å². The molecule has 0 atom stereocenters. The Labute approximate surface area is 169 Å². The molecule has 28 heavy (non-hydrogen) atoms. The molecule has 1 amide bonds. The molecule has 3 rings (SSSR count). The lowest BCUT2D eigenvalue weighted by Gasteiger charge is -2.10. The lowest BCUT2D eigenvalue weighted by atomic mass is 10.0. The second kappa shape index (κ2) is 9.29. The highest BCUT2D eigenvalue weighted by molar-refractivity contribution is 6.30. The number of phenols is 1. The van der Waals surface area contributed by atoms with E-state index in [1.54, 1.807) is 30.3 Å². The topological polar surface area (TPSA) is 58.6 Å². The zero-order valence-corrected chi connectivity index (χ0v) is 16.4. The number of nitrogens with one attached hydrogen (secondary N) is 1. The van der Waals surface area contributed by atoms with Crippen LogP contribution in [0.5, 0.6) is 11.5 Å². The zero-order valence-electron chi connectivity index (χ0n) is 15.6. The molecule has 0 radical (unpaired) electrons. The fraction of sp³-hybridized carbons (Fsp3) is 0.174. The van der Waals surface area contributed by atoms with Crippen molar-refractivity contribution in [3.05, 3.63) is 88.4 Å². The molecule has 4 nitrogen and oxygen atoms in total. The van der Waals surface area contributed by atoms with E-state index in [2.05, 4.69) is 5.32 Å². The third kappa shape index (κ3) is 5.76. The van der Waals surface area contributed by atoms with E-state index >= 15 is 0 Å². The van der Waals surface area contributed by atoms with Gasteiger partial charge in [-0.05, 0) is 66.4 Å². The molecule has 0 aromatic heterocycles. The second-order valence-corrected chi connectivity index (χ2v) is 7.02. The van der Waals surface area contributed by atoms with Crippen LogP contribution in [0.3, 0.4) is 0 Å². The monoisotopic (exact) mass is 395 g/mol. The molecular formula is C23H22ClNO3. The van der Waals surface area contributed by atoms with Gasteiger partial charge in [-0.25, -0.2) is 0 Å². The van der Waals surface area contributed by atoms with Gasteiger partial charge in [0.05, 0.1) is 0 Å². The first-order valence-electron chi connectivity index (χ1n) is 9.05. The molecule has 0 saturated carbocycles. The summed E-state index contributed by atoms with van der Waals surface area (Å²) in [6.45, 7) is 1.73. The number of hydrogen-bond acceptors (Lipinski definition) is 3. The van der Waals surface area contributed by atoms with Crippen LogP contribution in [-0.2, 0) is 24.2 Å². The Morgan fingerprint density at radius 3 is 2.25 bits per heavy atom. The standard InChI is InChI=1S/C23H22ClNO3/c1-16(26)25-21-10-12-22(13-11-21)28-15-19-7-4-18(14-23(19)27)3-2-17-5-8-20(24)9-6-17/h4-14,27H,2-3,15H2,1H3,(H,25,26). The van der Waals surface area contributed by atoms with E-state index in [9.17, 15) is 9.90 Å². The summed E-state index contributed by atoms with van der Waals surface area (Å²) in [4.78, 5) is 11.0. The Morgan fingerprint density at radius 2 is 1.61 bits per heavy atom. The van der Waals surface area contributed by atoms with Crippen molar-refractivity contribution in [3.63, 3.8) is 0 Å². The number of carbonyl (C=O) groups is 1. The SMILES string of the molecule is CC(=O)Nc1ccc(OCc2ccc(CCc3ccc(Cl)cc3)cc2O)cc1. The zero-order chi connectivity index (χ0) is 19.9. The highest BCUT2D eigenvalue weighted by atomic mass is 35.5. The Hall–Kier alpha value is -2.98. The average molecular weight is 396 g/mol. The lowest BCUT2D eigenvalue weighted by Crippen LogP contribution is -2.05. The van der Waals surface area contributed by atoms with E-state index in [1.807, 2.05) is 36.4 Å². The van der Waals surface area contributed by atoms with Crippen LogP contribution in [0.4, 0.5) is 5.69 Å². The molecule has 0 fully saturated rings. The van der Waals surface area contributed by atoms with Crippen molar-refractivity contribution in [1.29, 1.82) is 0 Å². The van der Waals surface area contributed by atoms with Crippen LogP contribution < -0.4 is 10.1 Å². The van der Waals surface area contributed by atoms with Gasteiger partial charge >= 0.3 is 0 Å². The molecule has 3 aromatic rings. The number of amides is 1. The number of ether oxygens (including phenoxy) is 1. The Kier molecular flexibility index (Phi) is 6.56. The smallest absolute Gasteiger partial charge is 0.221 e. The molecule has 0 aliphatic rings. The van der Waals surface area contributed by atoms with E-state index in [0.29, 0.717) is 11.4 Å². The predicted molar refractivity (Wildman–Crippen MR) is 112 cm³/mol. The van der Waals surface area contributed by atoms with Gasteiger partial charge in [-0.3, -0.25) is 4.79 Å². The molecule has 0 saturated heterocycles. The number of aryl methyl sites for hydroxylation is 2. The molecule has 144 valence electrons. The summed E-state index contributed by atoms with van der Waals surface area (Å²) in [6.07, 6.45) is 1.72. The largest absolute Gasteiger partial charge is 0.508 e. The summed E-state index contributed by atoms with van der Waals surface area (Å²) in [5.74, 6) is 0.776. The summed E-state index contributed by atoms with van der Waals surface area (Å²) in [6, 6.07) is 20.6. The first-order chi connectivity index (χ1) is 13.5. The third-order valence-electron chi connectivity index (χ3n) is 4.33. The summed E-state index contributed by atoms with van der Waals surface area (Å²) in [7, 11) is 0. The third-order valence-corrected chi connectivity index (χ3v) is 4.59. The Balaban J connectivity index is 1.55. The van der Waals surface area contributed by atoms with E-state index < -0.39 is 0 Å². The molecule has 3 aromatic carbocycles. The van der Waals surface area contributed by atoms with Crippen molar-refractivity contribution in [1.82, 2.24) is 0 Å². The Morgan fingerprint density at radius 1 is 0.964 bits per heavy atom. The van der Waals surface area contributed by atoms with Gasteiger partial charge in [0, 0.05) is 23.2 Å². The van der Waals surface area contributed by atoms with Gasteiger partial charge in [0.1, 0.15) is 18.1 Å². The second-order valence-electron chi connectivity index (χ2n) is 6.58. The quantitative estimate of drug-likeness (QED) is 0.565. The van der Waals surface area contributed by atoms with Gasteiger partial charge in [0.2, 0.25) is 5.91 Å². The predicted octanol–water partition coefficient (Wildman–Crippen LogP) is 5.37. The summed E-state index contributed by atoms with van der Waals surface area (Å²) < 4.78 is 5.73. The molecular weight excluding hydrogens is 374 g/mol. The van der Waals surface area contributed by atoms with Crippen molar-refractivity contribution in [2.75, 3.05) is 5.32 Å². The van der Waals surface area contributed by atoms with Crippen molar-refractivity contribution < 1.29 is 14.6 Å². The first-order valence-corrected chi connectivity index (χ1v) is 9.43. The maximum atomic E-state index is 11.0. The summed E-state index contributed by atoms with van der Waals surface area (Å²) >= 11 is 5.91. The van der Waals surface area contributed by atoms with Gasteiger partial charge < -0.3 is 15.2 Å². The summed E-state index contributed by atoms with van der Waals surface area (Å²) in [5, 5.41) is 13.7. The van der Waals surface area contributed by atoms with Crippen LogP contribution in [0.1, 0.15) is 23.6 Å². The van der Waals surface area contributed by atoms with Gasteiger partial charge in [-0.1, -0.05) is 35.9 Å². The van der Waals surface area contributed by atoms with Crippen molar-refractivity contribution in [2.24, 2.45) is 0 Å². The maximum absolute atomic E-state index is 11.0. The summed E-state index contributed by atoms with van der Waals surface area (Å²) in [5.41, 5.74) is 3.71. The van der Waals surface area contributed by atoms with Crippen LogP contribution >= 0.6 is 11.6 Å². The van der Waals surface area contributed by atoms with Gasteiger partial charge in [-0.2, -0.15) is 0 Å². The molecule has 0 heterocycles. The van der Waals surface area contributed by atoms with Crippen molar-refractivity contribution in [2.45, 2.75) is 26.4 Å². The van der Waals surface area contributed by atoms with Crippen LogP contribution in [0.25, 0.3) is 0 Å². The molecule has 0 spiro atoms. The van der Waals surface area contributed by atoms with Gasteiger partial charge in [0.15, 0.2) is 0 Å². The van der Waals surface area contributed by atoms with Gasteiger partial charge in [-0.15, -0.1) is 0 Å².